The number of ether oxygens (including phenoxy) is 1. The molecule has 1 aromatic rings. The van der Waals surface area contributed by atoms with Crippen molar-refractivity contribution in [2.75, 3.05) is 6.61 Å². The summed E-state index contributed by atoms with van der Waals surface area (Å²) in [6.45, 7) is 2.04. The van der Waals surface area contributed by atoms with Gasteiger partial charge in [-0.25, -0.2) is 4.79 Å². The molecule has 88 valence electrons. The van der Waals surface area contributed by atoms with Crippen LogP contribution in [0.3, 0.4) is 0 Å². The van der Waals surface area contributed by atoms with E-state index in [1.807, 2.05) is 0 Å². The minimum atomic E-state index is -0.738. The van der Waals surface area contributed by atoms with Gasteiger partial charge in [0.15, 0.2) is 5.75 Å². The van der Waals surface area contributed by atoms with Gasteiger partial charge in [0.05, 0.1) is 11.5 Å². The molecule has 7 heteroatoms. The van der Waals surface area contributed by atoms with Crippen LogP contribution in [-0.2, 0) is 4.74 Å². The summed E-state index contributed by atoms with van der Waals surface area (Å²) < 4.78 is 4.17. The van der Waals surface area contributed by atoms with E-state index in [9.17, 15) is 14.9 Å². The fourth-order valence-corrected chi connectivity index (χ4v) is 0.841. The van der Waals surface area contributed by atoms with Crippen molar-refractivity contribution in [2.24, 2.45) is 0 Å². The van der Waals surface area contributed by atoms with Gasteiger partial charge < -0.3 is 9.84 Å². The Morgan fingerprint density at radius 1 is 1.56 bits per heavy atom. The Labute approximate surface area is 96.6 Å². The summed E-state index contributed by atoms with van der Waals surface area (Å²) in [5.41, 5.74) is -1.000. The summed E-state index contributed by atoms with van der Waals surface area (Å²) in [5.74, 6) is -0.299. The average molecular weight is 248 g/mol. The number of benzene rings is 1. The molecule has 0 saturated heterocycles. The zero-order valence-corrected chi connectivity index (χ0v) is 9.18. The number of hydrogen-bond donors (Lipinski definition) is 1. The molecule has 0 bridgehead atoms. The molecule has 6 nitrogen and oxygen atoms in total. The summed E-state index contributed by atoms with van der Waals surface area (Å²) in [5, 5.41) is 18.9. The monoisotopic (exact) mass is 247 g/mol. The first-order valence-corrected chi connectivity index (χ1v) is 4.61. The summed E-state index contributed by atoms with van der Waals surface area (Å²) in [7, 11) is 0. The third kappa shape index (κ3) is 5.82. The second kappa shape index (κ2) is 7.47. The molecule has 0 unspecified atom stereocenters. The molecule has 0 fully saturated rings. The van der Waals surface area contributed by atoms with Crippen LogP contribution in [0.15, 0.2) is 24.3 Å². The molecule has 1 aromatic carbocycles. The Morgan fingerprint density at radius 3 is 2.38 bits per heavy atom. The Morgan fingerprint density at radius 2 is 2.12 bits per heavy atom. The fourth-order valence-electron chi connectivity index (χ4n) is 0.732. The van der Waals surface area contributed by atoms with Gasteiger partial charge in [0.1, 0.15) is 0 Å². The van der Waals surface area contributed by atoms with E-state index in [1.54, 1.807) is 6.92 Å². The van der Waals surface area contributed by atoms with Gasteiger partial charge in [-0.2, -0.15) is 0 Å². The highest BCUT2D eigenvalue weighted by Crippen LogP contribution is 2.23. The smallest absolute Gasteiger partial charge is 0.403 e. The van der Waals surface area contributed by atoms with Gasteiger partial charge >= 0.3 is 11.1 Å². The summed E-state index contributed by atoms with van der Waals surface area (Å²) >= 11 is 4.72. The lowest BCUT2D eigenvalue weighted by atomic mass is 10.3. The zero-order chi connectivity index (χ0) is 12.6. The Kier molecular flexibility index (Phi) is 6.62. The second-order valence-electron chi connectivity index (χ2n) is 2.42. The van der Waals surface area contributed by atoms with Crippen LogP contribution in [0.1, 0.15) is 6.92 Å². The van der Waals surface area contributed by atoms with E-state index in [0.29, 0.717) is 6.61 Å². The van der Waals surface area contributed by atoms with Crippen molar-refractivity contribution in [2.45, 2.75) is 6.92 Å². The highest BCUT2D eigenvalue weighted by atomic mass is 35.5. The molecular weight excluding hydrogens is 238 g/mol. The molecule has 0 aliphatic heterocycles. The Balaban J connectivity index is 0.000000325. The van der Waals surface area contributed by atoms with Crippen LogP contribution in [0, 0.1) is 10.1 Å². The predicted octanol–water partition coefficient (Wildman–Crippen LogP) is 2.68. The first kappa shape index (κ1) is 14.2. The van der Waals surface area contributed by atoms with Crippen LogP contribution >= 0.6 is 11.6 Å². The highest BCUT2D eigenvalue weighted by Gasteiger charge is 2.09. The van der Waals surface area contributed by atoms with E-state index in [-0.39, 0.29) is 11.4 Å². The fraction of sp³-hybridized carbons (Fsp3) is 0.222. The molecule has 1 N–H and O–H groups in total. The molecule has 0 aliphatic rings. The van der Waals surface area contributed by atoms with Gasteiger partial charge in [0.25, 0.3) is 0 Å². The molecule has 0 atom stereocenters. The van der Waals surface area contributed by atoms with Gasteiger partial charge in [-0.05, 0) is 13.0 Å². The van der Waals surface area contributed by atoms with E-state index in [0.717, 1.165) is 0 Å². The lowest BCUT2D eigenvalue weighted by molar-refractivity contribution is -0.385. The number of para-hydroxylation sites is 2. The first-order chi connectivity index (χ1) is 7.49. The SMILES string of the molecule is CCOC(=O)Cl.O=[N+]([O-])c1ccccc1O. The number of nitrogens with zero attached hydrogens (tertiary/aromatic N) is 1. The van der Waals surface area contributed by atoms with E-state index in [1.165, 1.54) is 24.3 Å². The van der Waals surface area contributed by atoms with E-state index in [2.05, 4.69) is 4.74 Å². The van der Waals surface area contributed by atoms with Crippen LogP contribution < -0.4 is 0 Å². The van der Waals surface area contributed by atoms with Crippen molar-refractivity contribution < 1.29 is 19.6 Å². The van der Waals surface area contributed by atoms with Crippen molar-refractivity contribution >= 4 is 22.7 Å². The molecule has 0 aromatic heterocycles. The number of nitro benzene ring substituents is 1. The van der Waals surface area contributed by atoms with Gasteiger partial charge in [-0.3, -0.25) is 10.1 Å². The first-order valence-electron chi connectivity index (χ1n) is 4.23. The van der Waals surface area contributed by atoms with Gasteiger partial charge in [-0.1, -0.05) is 12.1 Å². The third-order valence-electron chi connectivity index (χ3n) is 1.34. The highest BCUT2D eigenvalue weighted by molar-refractivity contribution is 6.61. The molecule has 1 rings (SSSR count). The van der Waals surface area contributed by atoms with Crippen LogP contribution in [0.4, 0.5) is 10.5 Å². The lowest BCUT2D eigenvalue weighted by Crippen LogP contribution is -1.89. The molecule has 0 heterocycles. The molecule has 0 spiro atoms. The molecule has 0 radical (unpaired) electrons. The minimum Gasteiger partial charge on any atom is -0.502 e. The maximum atomic E-state index is 10.1. The van der Waals surface area contributed by atoms with E-state index < -0.39 is 10.4 Å². The van der Waals surface area contributed by atoms with Crippen LogP contribution in [0.2, 0.25) is 0 Å². The summed E-state index contributed by atoms with van der Waals surface area (Å²) in [6.07, 6.45) is 0. The van der Waals surface area contributed by atoms with Crippen molar-refractivity contribution in [1.29, 1.82) is 0 Å². The number of rotatable bonds is 2. The number of phenols is 1. The van der Waals surface area contributed by atoms with Crippen LogP contribution in [0.25, 0.3) is 0 Å². The maximum Gasteiger partial charge on any atom is 0.403 e. The van der Waals surface area contributed by atoms with Crippen molar-refractivity contribution in [3.8, 4) is 5.75 Å². The Bertz CT molecular complexity index is 369. The Hall–Kier alpha value is -1.82. The summed E-state index contributed by atoms with van der Waals surface area (Å²) in [4.78, 5) is 19.0. The van der Waals surface area contributed by atoms with Gasteiger partial charge in [0.2, 0.25) is 0 Å². The number of hydrogen-bond acceptors (Lipinski definition) is 5. The van der Waals surface area contributed by atoms with E-state index >= 15 is 0 Å². The number of halogens is 1. The summed E-state index contributed by atoms with van der Waals surface area (Å²) in [6, 6.07) is 5.55. The second-order valence-corrected chi connectivity index (χ2v) is 2.73. The minimum absolute atomic E-state index is 0.262. The van der Waals surface area contributed by atoms with Crippen LogP contribution in [-0.4, -0.2) is 22.1 Å². The van der Waals surface area contributed by atoms with Crippen molar-refractivity contribution in [1.82, 2.24) is 0 Å². The van der Waals surface area contributed by atoms with Crippen molar-refractivity contribution in [3.63, 3.8) is 0 Å². The molecule has 0 amide bonds. The molecule has 16 heavy (non-hydrogen) atoms. The standard InChI is InChI=1S/C6H5NO3.C3H5ClO2/c8-6-4-2-1-3-5(6)7(9)10;1-2-6-3(4)5/h1-4,8H;2H2,1H3. The van der Waals surface area contributed by atoms with Gasteiger partial charge in [0, 0.05) is 17.7 Å². The van der Waals surface area contributed by atoms with Crippen molar-refractivity contribution in [3.05, 3.63) is 34.4 Å². The van der Waals surface area contributed by atoms with Gasteiger partial charge in [-0.15, -0.1) is 0 Å². The lowest BCUT2D eigenvalue weighted by Gasteiger charge is -1.91. The molecule has 0 aliphatic carbocycles. The van der Waals surface area contributed by atoms with Crippen LogP contribution in [0.5, 0.6) is 5.75 Å². The predicted molar refractivity (Wildman–Crippen MR) is 57.6 cm³/mol. The molecular formula is C9H10ClNO5. The number of phenolic OH excluding ortho intramolecular Hbond substituents is 1. The maximum absolute atomic E-state index is 10.1. The molecule has 0 saturated carbocycles. The quantitative estimate of drug-likeness (QED) is 0.493. The topological polar surface area (TPSA) is 89.7 Å². The number of carbonyl (C=O) groups excluding carboxylic acids is 1. The van der Waals surface area contributed by atoms with E-state index in [4.69, 9.17) is 16.7 Å². The average Bonchev–Trinajstić information content (AvgIpc) is 2.18. The largest absolute Gasteiger partial charge is 0.502 e. The normalized spacial score (nSPS) is 8.62. The zero-order valence-electron chi connectivity index (χ0n) is 8.42. The number of aromatic hydroxyl groups is 1. The number of nitro groups is 1. The number of carbonyl (C=O) groups is 1. The third-order valence-corrected chi connectivity index (χ3v) is 1.45.